The SMILES string of the molecule is COc1cc(OC)c(OC)cc1/C=C/C(=O)N(C)c1ccccc1. The first kappa shape index (κ1) is 17.4. The van der Waals surface area contributed by atoms with Crippen molar-refractivity contribution in [1.29, 1.82) is 0 Å². The minimum Gasteiger partial charge on any atom is -0.496 e. The van der Waals surface area contributed by atoms with Crippen LogP contribution in [0.4, 0.5) is 5.69 Å². The lowest BCUT2D eigenvalue weighted by atomic mass is 10.1. The highest BCUT2D eigenvalue weighted by Crippen LogP contribution is 2.35. The molecule has 0 saturated heterocycles. The van der Waals surface area contributed by atoms with Crippen molar-refractivity contribution in [2.75, 3.05) is 33.3 Å². The molecule has 0 saturated carbocycles. The standard InChI is InChI=1S/C19H21NO4/c1-20(15-8-6-5-7-9-15)19(21)11-10-14-12-17(23-3)18(24-4)13-16(14)22-2/h5-13H,1-4H3/b11-10+. The molecule has 24 heavy (non-hydrogen) atoms. The van der Waals surface area contributed by atoms with E-state index in [4.69, 9.17) is 14.2 Å². The van der Waals surface area contributed by atoms with Crippen LogP contribution in [0, 0.1) is 0 Å². The van der Waals surface area contributed by atoms with E-state index in [0.29, 0.717) is 17.2 Å². The Morgan fingerprint density at radius 2 is 1.50 bits per heavy atom. The van der Waals surface area contributed by atoms with Crippen LogP contribution >= 0.6 is 0 Å². The smallest absolute Gasteiger partial charge is 0.250 e. The van der Waals surface area contributed by atoms with E-state index in [1.807, 2.05) is 30.3 Å². The molecule has 0 atom stereocenters. The van der Waals surface area contributed by atoms with E-state index in [1.165, 1.54) is 6.08 Å². The highest BCUT2D eigenvalue weighted by Gasteiger charge is 2.11. The third kappa shape index (κ3) is 3.87. The second kappa shape index (κ2) is 8.06. The van der Waals surface area contributed by atoms with E-state index >= 15 is 0 Å². The molecule has 5 heteroatoms. The van der Waals surface area contributed by atoms with Crippen molar-refractivity contribution in [3.8, 4) is 17.2 Å². The summed E-state index contributed by atoms with van der Waals surface area (Å²) in [5.41, 5.74) is 1.55. The van der Waals surface area contributed by atoms with Crippen molar-refractivity contribution in [1.82, 2.24) is 0 Å². The molecule has 0 radical (unpaired) electrons. The third-order valence-corrected chi connectivity index (χ3v) is 3.62. The van der Waals surface area contributed by atoms with Gasteiger partial charge in [0, 0.05) is 30.4 Å². The molecular weight excluding hydrogens is 306 g/mol. The minimum atomic E-state index is -0.141. The maximum Gasteiger partial charge on any atom is 0.250 e. The summed E-state index contributed by atoms with van der Waals surface area (Å²) >= 11 is 0. The number of rotatable bonds is 6. The Morgan fingerprint density at radius 1 is 0.917 bits per heavy atom. The molecule has 0 aliphatic rings. The Labute approximate surface area is 142 Å². The van der Waals surface area contributed by atoms with Gasteiger partial charge in [-0.05, 0) is 24.3 Å². The van der Waals surface area contributed by atoms with Gasteiger partial charge in [-0.25, -0.2) is 0 Å². The van der Waals surface area contributed by atoms with Gasteiger partial charge in [-0.1, -0.05) is 18.2 Å². The zero-order chi connectivity index (χ0) is 17.5. The van der Waals surface area contributed by atoms with Crippen molar-refractivity contribution in [3.05, 3.63) is 54.1 Å². The van der Waals surface area contributed by atoms with Crippen LogP contribution in [0.1, 0.15) is 5.56 Å². The van der Waals surface area contributed by atoms with E-state index in [-0.39, 0.29) is 5.91 Å². The zero-order valence-corrected chi connectivity index (χ0v) is 14.3. The van der Waals surface area contributed by atoms with Crippen LogP contribution in [0.3, 0.4) is 0 Å². The maximum atomic E-state index is 12.3. The molecule has 0 aliphatic carbocycles. The molecule has 0 aromatic heterocycles. The summed E-state index contributed by atoms with van der Waals surface area (Å²) in [6.07, 6.45) is 3.19. The minimum absolute atomic E-state index is 0.141. The van der Waals surface area contributed by atoms with Crippen LogP contribution < -0.4 is 19.1 Å². The van der Waals surface area contributed by atoms with E-state index in [2.05, 4.69) is 0 Å². The number of hydrogen-bond donors (Lipinski definition) is 0. The van der Waals surface area contributed by atoms with Gasteiger partial charge in [0.05, 0.1) is 21.3 Å². The van der Waals surface area contributed by atoms with E-state index in [0.717, 1.165) is 11.3 Å². The third-order valence-electron chi connectivity index (χ3n) is 3.62. The number of carbonyl (C=O) groups excluding carboxylic acids is 1. The number of hydrogen-bond acceptors (Lipinski definition) is 4. The zero-order valence-electron chi connectivity index (χ0n) is 14.3. The number of ether oxygens (including phenoxy) is 3. The summed E-state index contributed by atoms with van der Waals surface area (Å²) in [7, 11) is 6.42. The molecule has 0 heterocycles. The quantitative estimate of drug-likeness (QED) is 0.763. The monoisotopic (exact) mass is 327 g/mol. The Kier molecular flexibility index (Phi) is 5.84. The van der Waals surface area contributed by atoms with Gasteiger partial charge in [-0.2, -0.15) is 0 Å². The first-order valence-electron chi connectivity index (χ1n) is 7.41. The van der Waals surface area contributed by atoms with Gasteiger partial charge in [0.15, 0.2) is 11.5 Å². The van der Waals surface area contributed by atoms with Crippen molar-refractivity contribution in [3.63, 3.8) is 0 Å². The largest absolute Gasteiger partial charge is 0.496 e. The lowest BCUT2D eigenvalue weighted by Crippen LogP contribution is -2.23. The fourth-order valence-corrected chi connectivity index (χ4v) is 2.23. The summed E-state index contributed by atoms with van der Waals surface area (Å²) in [6.45, 7) is 0. The van der Waals surface area contributed by atoms with Gasteiger partial charge >= 0.3 is 0 Å². The molecule has 0 spiro atoms. The molecule has 0 N–H and O–H groups in total. The average Bonchev–Trinajstić information content (AvgIpc) is 2.65. The number of carbonyl (C=O) groups is 1. The fourth-order valence-electron chi connectivity index (χ4n) is 2.23. The summed E-state index contributed by atoms with van der Waals surface area (Å²) in [4.78, 5) is 13.9. The number of para-hydroxylation sites is 1. The van der Waals surface area contributed by atoms with Crippen LogP contribution in [0.15, 0.2) is 48.5 Å². The highest BCUT2D eigenvalue weighted by molar-refractivity contribution is 6.03. The molecule has 2 aromatic rings. The predicted octanol–water partition coefficient (Wildman–Crippen LogP) is 3.39. The van der Waals surface area contributed by atoms with Crippen LogP contribution in [-0.4, -0.2) is 34.3 Å². The maximum absolute atomic E-state index is 12.3. The van der Waals surface area contributed by atoms with Crippen LogP contribution in [0.25, 0.3) is 6.08 Å². The van der Waals surface area contributed by atoms with Crippen LogP contribution in [0.2, 0.25) is 0 Å². The molecule has 0 unspecified atom stereocenters. The lowest BCUT2D eigenvalue weighted by Gasteiger charge is -2.15. The van der Waals surface area contributed by atoms with Crippen molar-refractivity contribution in [2.45, 2.75) is 0 Å². The molecule has 0 aliphatic heterocycles. The van der Waals surface area contributed by atoms with E-state index in [1.54, 1.807) is 51.5 Å². The topological polar surface area (TPSA) is 48.0 Å². The second-order valence-electron chi connectivity index (χ2n) is 5.02. The molecule has 0 bridgehead atoms. The summed E-state index contributed by atoms with van der Waals surface area (Å²) in [6, 6.07) is 12.9. The molecule has 0 fully saturated rings. The van der Waals surface area contributed by atoms with Gasteiger partial charge in [-0.15, -0.1) is 0 Å². The number of likely N-dealkylation sites (N-methyl/N-ethyl adjacent to an activating group) is 1. The lowest BCUT2D eigenvalue weighted by molar-refractivity contribution is -0.113. The summed E-state index contributed by atoms with van der Waals surface area (Å²) in [5.74, 6) is 1.60. The number of methoxy groups -OCH3 is 3. The number of nitrogens with zero attached hydrogens (tertiary/aromatic N) is 1. The van der Waals surface area contributed by atoms with Crippen LogP contribution in [-0.2, 0) is 4.79 Å². The van der Waals surface area contributed by atoms with Gasteiger partial charge in [-0.3, -0.25) is 4.79 Å². The van der Waals surface area contributed by atoms with Gasteiger partial charge in [0.2, 0.25) is 0 Å². The van der Waals surface area contributed by atoms with Crippen molar-refractivity contribution in [2.24, 2.45) is 0 Å². The molecule has 2 aromatic carbocycles. The Hall–Kier alpha value is -2.95. The second-order valence-corrected chi connectivity index (χ2v) is 5.02. The normalized spacial score (nSPS) is 10.5. The highest BCUT2D eigenvalue weighted by atomic mass is 16.5. The van der Waals surface area contributed by atoms with Gasteiger partial charge in [0.1, 0.15) is 5.75 Å². The van der Waals surface area contributed by atoms with Gasteiger partial charge in [0.25, 0.3) is 5.91 Å². The van der Waals surface area contributed by atoms with Gasteiger partial charge < -0.3 is 19.1 Å². The number of amides is 1. The number of benzene rings is 2. The molecule has 5 nitrogen and oxygen atoms in total. The first-order chi connectivity index (χ1) is 11.6. The van der Waals surface area contributed by atoms with Crippen molar-refractivity contribution < 1.29 is 19.0 Å². The Morgan fingerprint density at radius 3 is 2.08 bits per heavy atom. The molecule has 1 amide bonds. The van der Waals surface area contributed by atoms with Crippen molar-refractivity contribution >= 4 is 17.7 Å². The average molecular weight is 327 g/mol. The van der Waals surface area contributed by atoms with E-state index < -0.39 is 0 Å². The number of anilines is 1. The Balaban J connectivity index is 2.26. The Bertz CT molecular complexity index is 726. The first-order valence-corrected chi connectivity index (χ1v) is 7.41. The van der Waals surface area contributed by atoms with Crippen LogP contribution in [0.5, 0.6) is 17.2 Å². The molecule has 126 valence electrons. The molecule has 2 rings (SSSR count). The molecular formula is C19H21NO4. The predicted molar refractivity (Wildman–Crippen MR) is 95.0 cm³/mol. The summed E-state index contributed by atoms with van der Waals surface area (Å²) in [5, 5.41) is 0. The van der Waals surface area contributed by atoms with E-state index in [9.17, 15) is 4.79 Å². The summed E-state index contributed by atoms with van der Waals surface area (Å²) < 4.78 is 15.9. The fraction of sp³-hybridized carbons (Fsp3) is 0.211.